The first-order valence-corrected chi connectivity index (χ1v) is 9.15. The summed E-state index contributed by atoms with van der Waals surface area (Å²) in [5.74, 6) is 1.16. The molecule has 25 heavy (non-hydrogen) atoms. The molecule has 1 aliphatic heterocycles. The van der Waals surface area contributed by atoms with E-state index in [1.807, 2.05) is 31.2 Å². The van der Waals surface area contributed by atoms with Gasteiger partial charge in [0.15, 0.2) is 5.01 Å². The number of carbonyl (C=O) groups is 1. The normalized spacial score (nSPS) is 17.1. The molecule has 2 heterocycles. The van der Waals surface area contributed by atoms with Crippen LogP contribution in [0.3, 0.4) is 0 Å². The van der Waals surface area contributed by atoms with Crippen molar-refractivity contribution >= 4 is 22.5 Å². The van der Waals surface area contributed by atoms with Gasteiger partial charge in [-0.25, -0.2) is 4.79 Å². The monoisotopic (exact) mass is 362 g/mol. The fourth-order valence-corrected chi connectivity index (χ4v) is 3.14. The third-order valence-corrected chi connectivity index (χ3v) is 4.69. The molecular formula is C17H22N4O3S. The Morgan fingerprint density at radius 3 is 2.96 bits per heavy atom. The number of rotatable bonds is 6. The zero-order valence-corrected chi connectivity index (χ0v) is 15.0. The van der Waals surface area contributed by atoms with E-state index >= 15 is 0 Å². The van der Waals surface area contributed by atoms with Crippen molar-refractivity contribution < 1.29 is 14.3 Å². The number of anilines is 1. The van der Waals surface area contributed by atoms with Gasteiger partial charge in [0.25, 0.3) is 0 Å². The lowest BCUT2D eigenvalue weighted by Gasteiger charge is -2.22. The van der Waals surface area contributed by atoms with Crippen molar-refractivity contribution in [1.82, 2.24) is 15.5 Å². The summed E-state index contributed by atoms with van der Waals surface area (Å²) in [5, 5.41) is 14.7. The van der Waals surface area contributed by atoms with Gasteiger partial charge >= 0.3 is 6.03 Å². The predicted molar refractivity (Wildman–Crippen MR) is 96.0 cm³/mol. The SMILES string of the molecule is Cc1ccc(OCc2nnc(NC(=O)NCC3CCCOC3)s2)cc1. The molecule has 0 saturated carbocycles. The Bertz CT molecular complexity index is 683. The quantitative estimate of drug-likeness (QED) is 0.825. The number of aromatic nitrogens is 2. The molecule has 0 bridgehead atoms. The van der Waals surface area contributed by atoms with E-state index in [4.69, 9.17) is 9.47 Å². The van der Waals surface area contributed by atoms with Crippen molar-refractivity contribution in [2.45, 2.75) is 26.4 Å². The van der Waals surface area contributed by atoms with Gasteiger partial charge in [0, 0.05) is 13.2 Å². The van der Waals surface area contributed by atoms with Crippen molar-refractivity contribution in [1.29, 1.82) is 0 Å². The lowest BCUT2D eigenvalue weighted by molar-refractivity contribution is 0.0559. The second-order valence-corrected chi connectivity index (χ2v) is 7.08. The van der Waals surface area contributed by atoms with Crippen molar-refractivity contribution in [2.24, 2.45) is 5.92 Å². The van der Waals surface area contributed by atoms with Crippen LogP contribution in [-0.2, 0) is 11.3 Å². The van der Waals surface area contributed by atoms with Crippen LogP contribution in [0.1, 0.15) is 23.4 Å². The number of nitrogens with zero attached hydrogens (tertiary/aromatic N) is 2. The minimum atomic E-state index is -0.271. The Hall–Kier alpha value is -2.19. The molecule has 2 aromatic rings. The molecule has 0 radical (unpaired) electrons. The summed E-state index contributed by atoms with van der Waals surface area (Å²) in [6.45, 7) is 4.48. The first kappa shape index (κ1) is 17.6. The third-order valence-electron chi connectivity index (χ3n) is 3.88. The highest BCUT2D eigenvalue weighted by molar-refractivity contribution is 7.15. The zero-order chi connectivity index (χ0) is 17.5. The minimum absolute atomic E-state index is 0.271. The second-order valence-electron chi connectivity index (χ2n) is 6.02. The molecule has 8 heteroatoms. The van der Waals surface area contributed by atoms with Gasteiger partial charge in [-0.05, 0) is 37.8 Å². The van der Waals surface area contributed by atoms with Gasteiger partial charge in [-0.3, -0.25) is 5.32 Å². The lowest BCUT2D eigenvalue weighted by Crippen LogP contribution is -2.35. The van der Waals surface area contributed by atoms with Gasteiger partial charge in [-0.1, -0.05) is 29.0 Å². The van der Waals surface area contributed by atoms with Crippen molar-refractivity contribution in [3.8, 4) is 5.75 Å². The molecule has 2 amide bonds. The summed E-state index contributed by atoms with van der Waals surface area (Å²) in [4.78, 5) is 11.9. The van der Waals surface area contributed by atoms with Crippen LogP contribution in [0.4, 0.5) is 9.93 Å². The lowest BCUT2D eigenvalue weighted by atomic mass is 10.0. The number of hydrogen-bond donors (Lipinski definition) is 2. The molecule has 1 fully saturated rings. The number of hydrogen-bond acceptors (Lipinski definition) is 6. The third kappa shape index (κ3) is 5.68. The van der Waals surface area contributed by atoms with Gasteiger partial charge in [-0.15, -0.1) is 10.2 Å². The van der Waals surface area contributed by atoms with Crippen LogP contribution in [0.5, 0.6) is 5.75 Å². The molecule has 1 atom stereocenters. The van der Waals surface area contributed by atoms with E-state index in [1.165, 1.54) is 16.9 Å². The van der Waals surface area contributed by atoms with Gasteiger partial charge in [0.1, 0.15) is 12.4 Å². The van der Waals surface area contributed by atoms with E-state index in [0.717, 1.165) is 25.2 Å². The van der Waals surface area contributed by atoms with Crippen LogP contribution in [0, 0.1) is 12.8 Å². The van der Waals surface area contributed by atoms with E-state index in [9.17, 15) is 4.79 Å². The summed E-state index contributed by atoms with van der Waals surface area (Å²) < 4.78 is 11.1. The molecule has 0 spiro atoms. The molecular weight excluding hydrogens is 340 g/mol. The zero-order valence-electron chi connectivity index (χ0n) is 14.2. The molecule has 1 aromatic heterocycles. The summed E-state index contributed by atoms with van der Waals surface area (Å²) in [5.41, 5.74) is 1.18. The van der Waals surface area contributed by atoms with Crippen LogP contribution in [0.2, 0.25) is 0 Å². The number of benzene rings is 1. The van der Waals surface area contributed by atoms with Gasteiger partial charge in [0.05, 0.1) is 6.61 Å². The molecule has 3 rings (SSSR count). The van der Waals surface area contributed by atoms with E-state index in [-0.39, 0.29) is 6.03 Å². The Labute approximate surface area is 150 Å². The number of urea groups is 1. The van der Waals surface area contributed by atoms with Gasteiger partial charge in [0.2, 0.25) is 5.13 Å². The minimum Gasteiger partial charge on any atom is -0.486 e. The van der Waals surface area contributed by atoms with E-state index in [1.54, 1.807) is 0 Å². The molecule has 134 valence electrons. The molecule has 1 aromatic carbocycles. The molecule has 7 nitrogen and oxygen atoms in total. The number of aryl methyl sites for hydroxylation is 1. The maximum atomic E-state index is 11.9. The maximum Gasteiger partial charge on any atom is 0.321 e. The van der Waals surface area contributed by atoms with Crippen LogP contribution in [-0.4, -0.2) is 36.0 Å². The topological polar surface area (TPSA) is 85.4 Å². The predicted octanol–water partition coefficient (Wildman–Crippen LogP) is 2.97. The highest BCUT2D eigenvalue weighted by Gasteiger charge is 2.15. The fourth-order valence-electron chi connectivity index (χ4n) is 2.49. The Morgan fingerprint density at radius 1 is 1.36 bits per heavy atom. The Balaban J connectivity index is 1.41. The second kappa shape index (κ2) is 8.77. The smallest absolute Gasteiger partial charge is 0.321 e. The molecule has 1 saturated heterocycles. The van der Waals surface area contributed by atoms with E-state index < -0.39 is 0 Å². The molecule has 1 unspecified atom stereocenters. The average Bonchev–Trinajstić information content (AvgIpc) is 3.08. The van der Waals surface area contributed by atoms with Crippen molar-refractivity contribution in [2.75, 3.05) is 25.1 Å². The number of amides is 2. The largest absolute Gasteiger partial charge is 0.486 e. The molecule has 0 aliphatic carbocycles. The van der Waals surface area contributed by atoms with E-state index in [0.29, 0.717) is 35.8 Å². The van der Waals surface area contributed by atoms with Crippen LogP contribution in [0.15, 0.2) is 24.3 Å². The fraction of sp³-hybridized carbons (Fsp3) is 0.471. The van der Waals surface area contributed by atoms with Crippen LogP contribution >= 0.6 is 11.3 Å². The standard InChI is InChI=1S/C17H22N4O3S/c1-12-4-6-14(7-5-12)24-11-15-20-21-17(25-15)19-16(22)18-9-13-3-2-8-23-10-13/h4-7,13H,2-3,8-11H2,1H3,(H2,18,19,21,22). The first-order chi connectivity index (χ1) is 12.2. The summed E-state index contributed by atoms with van der Waals surface area (Å²) in [7, 11) is 0. The van der Waals surface area contributed by atoms with Crippen molar-refractivity contribution in [3.05, 3.63) is 34.8 Å². The highest BCUT2D eigenvalue weighted by Crippen LogP contribution is 2.18. The number of ether oxygens (including phenoxy) is 2. The highest BCUT2D eigenvalue weighted by atomic mass is 32.1. The average molecular weight is 362 g/mol. The Kier molecular flexibility index (Phi) is 6.19. The molecule has 1 aliphatic rings. The van der Waals surface area contributed by atoms with E-state index in [2.05, 4.69) is 20.8 Å². The summed E-state index contributed by atoms with van der Waals surface area (Å²) >= 11 is 1.30. The van der Waals surface area contributed by atoms with Gasteiger partial charge in [-0.2, -0.15) is 0 Å². The number of carbonyl (C=O) groups excluding carboxylic acids is 1. The van der Waals surface area contributed by atoms with Crippen LogP contribution in [0.25, 0.3) is 0 Å². The van der Waals surface area contributed by atoms with Crippen LogP contribution < -0.4 is 15.4 Å². The summed E-state index contributed by atoms with van der Waals surface area (Å²) in [6, 6.07) is 7.54. The number of nitrogens with one attached hydrogen (secondary N) is 2. The van der Waals surface area contributed by atoms with Crippen molar-refractivity contribution in [3.63, 3.8) is 0 Å². The Morgan fingerprint density at radius 2 is 2.20 bits per heavy atom. The maximum absolute atomic E-state index is 11.9. The molecule has 2 N–H and O–H groups in total. The first-order valence-electron chi connectivity index (χ1n) is 8.33. The summed E-state index contributed by atoms with van der Waals surface area (Å²) in [6.07, 6.45) is 2.13. The van der Waals surface area contributed by atoms with Gasteiger partial charge < -0.3 is 14.8 Å².